The van der Waals surface area contributed by atoms with E-state index in [1.54, 1.807) is 30.9 Å². The summed E-state index contributed by atoms with van der Waals surface area (Å²) in [4.78, 5) is 41.4. The first-order valence-electron chi connectivity index (χ1n) is 15.7. The van der Waals surface area contributed by atoms with Crippen molar-refractivity contribution in [1.82, 2.24) is 15.5 Å². The van der Waals surface area contributed by atoms with Crippen molar-refractivity contribution in [2.45, 2.75) is 71.9 Å². The summed E-state index contributed by atoms with van der Waals surface area (Å²) in [6.07, 6.45) is 0.957. The number of carbonyl (C=O) groups is 3. The molecule has 242 valence electrons. The number of hydrogen-bond acceptors (Lipinski definition) is 4. The van der Waals surface area contributed by atoms with Gasteiger partial charge in [0.25, 0.3) is 11.8 Å². The molecule has 0 saturated carbocycles. The Labute approximate surface area is 265 Å². The van der Waals surface area contributed by atoms with Crippen molar-refractivity contribution >= 4 is 17.7 Å². The second kappa shape index (κ2) is 17.4. The number of nitrogens with one attached hydrogen (secondary N) is 2. The Bertz CT molecular complexity index is 1410. The Kier molecular flexibility index (Phi) is 13.7. The molecule has 0 fully saturated rings. The molecule has 3 amide bonds. The van der Waals surface area contributed by atoms with Gasteiger partial charge in [0.15, 0.2) is 0 Å². The topological polar surface area (TPSA) is 98.7 Å². The quantitative estimate of drug-likeness (QED) is 0.193. The van der Waals surface area contributed by atoms with Crippen LogP contribution in [0.5, 0.6) is 0 Å². The molecule has 0 aliphatic rings. The lowest BCUT2D eigenvalue weighted by molar-refractivity contribution is -0.125. The van der Waals surface area contributed by atoms with Crippen LogP contribution < -0.4 is 10.6 Å². The molecule has 3 atom stereocenters. The Hall–Kier alpha value is -4.11. The number of carbonyl (C=O) groups excluding carboxylic acids is 3. The number of rotatable bonds is 16. The number of halogens is 2. The highest BCUT2D eigenvalue weighted by Gasteiger charge is 2.27. The molecule has 3 aromatic carbocycles. The molecule has 0 saturated heterocycles. The van der Waals surface area contributed by atoms with Gasteiger partial charge < -0.3 is 20.6 Å². The Morgan fingerprint density at radius 3 is 2.11 bits per heavy atom. The summed E-state index contributed by atoms with van der Waals surface area (Å²) in [5.74, 6) is -3.13. The second-order valence-corrected chi connectivity index (χ2v) is 11.7. The van der Waals surface area contributed by atoms with Crippen LogP contribution in [-0.4, -0.2) is 59.5 Å². The molecule has 45 heavy (non-hydrogen) atoms. The third-order valence-electron chi connectivity index (χ3n) is 7.62. The summed E-state index contributed by atoms with van der Waals surface area (Å²) < 4.78 is 28.0. The normalized spacial score (nSPS) is 13.0. The third-order valence-corrected chi connectivity index (χ3v) is 7.62. The number of nitrogens with zero attached hydrogens (tertiary/aromatic N) is 1. The molecule has 1 unspecified atom stereocenters. The maximum absolute atomic E-state index is 14.0. The molecule has 3 rings (SSSR count). The predicted octanol–water partition coefficient (Wildman–Crippen LogP) is 5.62. The van der Waals surface area contributed by atoms with Crippen LogP contribution >= 0.6 is 0 Å². The standard InChI is InChI=1S/C36H45F2N3O4/c1-5-14-41(15-6-2)36(45)29-17-24(3)16-28(22-29)35(44)40-32(21-27-19-30(37)23-31(38)20-27)33(42)18-25(4)34(43)39-13-12-26-10-8-7-9-11-26/h7-11,16-17,19-20,22-23,25,32-33,42H,5-6,12-15,18,21H2,1-4H3,(H,39,43)(H,40,44)/t25-,32?,33+/m1/s1. The summed E-state index contributed by atoms with van der Waals surface area (Å²) in [6.45, 7) is 9.08. The second-order valence-electron chi connectivity index (χ2n) is 11.7. The number of benzene rings is 3. The van der Waals surface area contributed by atoms with E-state index < -0.39 is 35.6 Å². The van der Waals surface area contributed by atoms with Crippen molar-refractivity contribution in [1.29, 1.82) is 0 Å². The molecular weight excluding hydrogens is 576 g/mol. The first-order chi connectivity index (χ1) is 21.5. The zero-order chi connectivity index (χ0) is 32.9. The first-order valence-corrected chi connectivity index (χ1v) is 15.7. The highest BCUT2D eigenvalue weighted by Crippen LogP contribution is 2.18. The predicted molar refractivity (Wildman–Crippen MR) is 172 cm³/mol. The average molecular weight is 622 g/mol. The van der Waals surface area contributed by atoms with Gasteiger partial charge in [-0.05, 0) is 86.1 Å². The van der Waals surface area contributed by atoms with E-state index >= 15 is 0 Å². The fourth-order valence-electron chi connectivity index (χ4n) is 5.38. The van der Waals surface area contributed by atoms with E-state index in [9.17, 15) is 28.3 Å². The molecule has 0 aliphatic heterocycles. The largest absolute Gasteiger partial charge is 0.391 e. The molecule has 3 N–H and O–H groups in total. The van der Waals surface area contributed by atoms with E-state index in [2.05, 4.69) is 10.6 Å². The van der Waals surface area contributed by atoms with Crippen LogP contribution in [0.2, 0.25) is 0 Å². The maximum Gasteiger partial charge on any atom is 0.253 e. The van der Waals surface area contributed by atoms with Gasteiger partial charge in [0.05, 0.1) is 12.1 Å². The average Bonchev–Trinajstić information content (AvgIpc) is 2.99. The van der Waals surface area contributed by atoms with Crippen LogP contribution in [0.3, 0.4) is 0 Å². The Morgan fingerprint density at radius 2 is 1.49 bits per heavy atom. The summed E-state index contributed by atoms with van der Waals surface area (Å²) in [5, 5.41) is 17.0. The van der Waals surface area contributed by atoms with Crippen LogP contribution in [0.1, 0.15) is 77.4 Å². The van der Waals surface area contributed by atoms with Gasteiger partial charge in [-0.15, -0.1) is 0 Å². The summed E-state index contributed by atoms with van der Waals surface area (Å²) in [6, 6.07) is 16.7. The molecule has 0 heterocycles. The molecular formula is C36H45F2N3O4. The number of aryl methyl sites for hydroxylation is 1. The fourth-order valence-corrected chi connectivity index (χ4v) is 5.38. The van der Waals surface area contributed by atoms with E-state index in [-0.39, 0.29) is 35.8 Å². The molecule has 9 heteroatoms. The number of amides is 3. The van der Waals surface area contributed by atoms with Crippen LogP contribution in [0.4, 0.5) is 8.78 Å². The molecule has 0 spiro atoms. The Balaban J connectivity index is 1.77. The van der Waals surface area contributed by atoms with Crippen LogP contribution in [0.15, 0.2) is 66.7 Å². The SMILES string of the molecule is CCCN(CCC)C(=O)c1cc(C)cc(C(=O)NC(Cc2cc(F)cc(F)c2)[C@@H](O)C[C@@H](C)C(=O)NCCc2ccccc2)c1. The van der Waals surface area contributed by atoms with Crippen molar-refractivity contribution < 1.29 is 28.3 Å². The molecule has 0 aromatic heterocycles. The van der Waals surface area contributed by atoms with Gasteiger partial charge in [-0.2, -0.15) is 0 Å². The summed E-state index contributed by atoms with van der Waals surface area (Å²) in [5.41, 5.74) is 2.64. The summed E-state index contributed by atoms with van der Waals surface area (Å²) >= 11 is 0. The number of aliphatic hydroxyl groups excluding tert-OH is 1. The van der Waals surface area contributed by atoms with Crippen molar-refractivity contribution in [3.8, 4) is 0 Å². The molecule has 0 aliphatic carbocycles. The summed E-state index contributed by atoms with van der Waals surface area (Å²) in [7, 11) is 0. The maximum atomic E-state index is 14.0. The van der Waals surface area contributed by atoms with E-state index in [1.165, 1.54) is 6.07 Å². The van der Waals surface area contributed by atoms with Crippen LogP contribution in [0.25, 0.3) is 0 Å². The van der Waals surface area contributed by atoms with E-state index in [1.807, 2.05) is 44.2 Å². The minimum atomic E-state index is -1.22. The highest BCUT2D eigenvalue weighted by atomic mass is 19.1. The van der Waals surface area contributed by atoms with E-state index in [4.69, 9.17) is 0 Å². The lowest BCUT2D eigenvalue weighted by Crippen LogP contribution is -2.46. The first kappa shape index (κ1) is 35.4. The van der Waals surface area contributed by atoms with Crippen molar-refractivity contribution in [2.24, 2.45) is 5.92 Å². The van der Waals surface area contributed by atoms with Crippen LogP contribution in [0, 0.1) is 24.5 Å². The van der Waals surface area contributed by atoms with Gasteiger partial charge in [-0.25, -0.2) is 8.78 Å². The van der Waals surface area contributed by atoms with Gasteiger partial charge in [0, 0.05) is 42.7 Å². The fraction of sp³-hybridized carbons (Fsp3) is 0.417. The lowest BCUT2D eigenvalue weighted by atomic mass is 9.93. The van der Waals surface area contributed by atoms with E-state index in [0.717, 1.165) is 36.6 Å². The minimum Gasteiger partial charge on any atom is -0.391 e. The molecule has 3 aromatic rings. The lowest BCUT2D eigenvalue weighted by Gasteiger charge is -2.27. The number of hydrogen-bond donors (Lipinski definition) is 3. The molecule has 7 nitrogen and oxygen atoms in total. The van der Waals surface area contributed by atoms with Crippen molar-refractivity contribution in [2.75, 3.05) is 19.6 Å². The van der Waals surface area contributed by atoms with Crippen LogP contribution in [-0.2, 0) is 17.6 Å². The molecule has 0 radical (unpaired) electrons. The van der Waals surface area contributed by atoms with Gasteiger partial charge >= 0.3 is 0 Å². The van der Waals surface area contributed by atoms with Gasteiger partial charge in [0.2, 0.25) is 5.91 Å². The molecule has 0 bridgehead atoms. The zero-order valence-electron chi connectivity index (χ0n) is 26.6. The van der Waals surface area contributed by atoms with Crippen molar-refractivity contribution in [3.05, 3.63) is 106 Å². The van der Waals surface area contributed by atoms with Crippen molar-refractivity contribution in [3.63, 3.8) is 0 Å². The zero-order valence-corrected chi connectivity index (χ0v) is 26.6. The Morgan fingerprint density at radius 1 is 0.867 bits per heavy atom. The highest BCUT2D eigenvalue weighted by molar-refractivity contribution is 6.00. The smallest absolute Gasteiger partial charge is 0.253 e. The number of aliphatic hydroxyl groups is 1. The van der Waals surface area contributed by atoms with Gasteiger partial charge in [-0.1, -0.05) is 51.1 Å². The third kappa shape index (κ3) is 11.1. The minimum absolute atomic E-state index is 0.000460. The van der Waals surface area contributed by atoms with Gasteiger partial charge in [-0.3, -0.25) is 14.4 Å². The monoisotopic (exact) mass is 621 g/mol. The van der Waals surface area contributed by atoms with E-state index in [0.29, 0.717) is 37.2 Å². The van der Waals surface area contributed by atoms with Gasteiger partial charge in [0.1, 0.15) is 11.6 Å².